The minimum atomic E-state index is -0.581. The van der Waals surface area contributed by atoms with Crippen LogP contribution < -0.4 is 19.7 Å². The van der Waals surface area contributed by atoms with E-state index in [1.54, 1.807) is 7.11 Å². The highest BCUT2D eigenvalue weighted by molar-refractivity contribution is 6.07. The molecule has 1 amide bonds. The standard InChI is InChI=1S/C26H28N4O3/c1-17(2)18-15-27-25(28-16-18)30-11-9-26(10-12-30)20-13-22(32-3)23(14-21(20)29-24(26)31)33-19-7-5-4-6-8-19/h4-8,13-17H,9-12H2,1-3H3,(H,29,31). The van der Waals surface area contributed by atoms with E-state index < -0.39 is 5.41 Å². The van der Waals surface area contributed by atoms with Gasteiger partial charge in [0.05, 0.1) is 12.5 Å². The molecule has 2 aliphatic rings. The predicted octanol–water partition coefficient (Wildman–Crippen LogP) is 4.89. The summed E-state index contributed by atoms with van der Waals surface area (Å²) in [4.78, 5) is 24.5. The Bertz CT molecular complexity index is 1150. The van der Waals surface area contributed by atoms with Gasteiger partial charge in [0, 0.05) is 37.2 Å². The summed E-state index contributed by atoms with van der Waals surface area (Å²) >= 11 is 0. The van der Waals surface area contributed by atoms with Gasteiger partial charge in [0.15, 0.2) is 11.5 Å². The molecule has 33 heavy (non-hydrogen) atoms. The van der Waals surface area contributed by atoms with Crippen LogP contribution in [0.25, 0.3) is 0 Å². The van der Waals surface area contributed by atoms with Crippen molar-refractivity contribution in [1.29, 1.82) is 0 Å². The third kappa shape index (κ3) is 3.77. The highest BCUT2D eigenvalue weighted by atomic mass is 16.5. The predicted molar refractivity (Wildman–Crippen MR) is 127 cm³/mol. The summed E-state index contributed by atoms with van der Waals surface area (Å²) in [6, 6.07) is 13.4. The second kappa shape index (κ2) is 8.39. The quantitative estimate of drug-likeness (QED) is 0.604. The summed E-state index contributed by atoms with van der Waals surface area (Å²) < 4.78 is 11.7. The van der Waals surface area contributed by atoms with Crippen LogP contribution in [0, 0.1) is 0 Å². The van der Waals surface area contributed by atoms with Gasteiger partial charge >= 0.3 is 0 Å². The van der Waals surface area contributed by atoms with Crippen LogP contribution in [0.2, 0.25) is 0 Å². The van der Waals surface area contributed by atoms with E-state index >= 15 is 0 Å². The van der Waals surface area contributed by atoms with Crippen LogP contribution in [0.5, 0.6) is 17.2 Å². The van der Waals surface area contributed by atoms with Crippen LogP contribution in [-0.4, -0.2) is 36.1 Å². The number of fused-ring (bicyclic) bond motifs is 2. The summed E-state index contributed by atoms with van der Waals surface area (Å²) in [7, 11) is 1.62. The van der Waals surface area contributed by atoms with Crippen LogP contribution in [0.1, 0.15) is 43.7 Å². The monoisotopic (exact) mass is 444 g/mol. The van der Waals surface area contributed by atoms with Crippen molar-refractivity contribution in [2.24, 2.45) is 0 Å². The molecule has 0 aliphatic carbocycles. The highest BCUT2D eigenvalue weighted by Gasteiger charge is 2.49. The van der Waals surface area contributed by atoms with Gasteiger partial charge in [0.25, 0.3) is 0 Å². The number of methoxy groups -OCH3 is 1. The maximum atomic E-state index is 13.2. The van der Waals surface area contributed by atoms with Gasteiger partial charge in [-0.3, -0.25) is 4.79 Å². The van der Waals surface area contributed by atoms with Crippen molar-refractivity contribution in [2.45, 2.75) is 38.0 Å². The van der Waals surface area contributed by atoms with Crippen LogP contribution in [0.15, 0.2) is 54.9 Å². The zero-order valence-corrected chi connectivity index (χ0v) is 19.2. The van der Waals surface area contributed by atoms with E-state index in [1.807, 2.05) is 54.9 Å². The number of nitrogens with one attached hydrogen (secondary N) is 1. The van der Waals surface area contributed by atoms with E-state index in [9.17, 15) is 4.79 Å². The number of amides is 1. The topological polar surface area (TPSA) is 76.6 Å². The number of para-hydroxylation sites is 1. The molecule has 2 aromatic carbocycles. The number of piperidine rings is 1. The van der Waals surface area contributed by atoms with Crippen molar-refractivity contribution in [3.05, 3.63) is 66.0 Å². The van der Waals surface area contributed by atoms with Gasteiger partial charge in [-0.2, -0.15) is 0 Å². The fraction of sp³-hybridized carbons (Fsp3) is 0.346. The number of benzene rings is 2. The van der Waals surface area contributed by atoms with E-state index in [1.165, 1.54) is 0 Å². The Morgan fingerprint density at radius 3 is 2.36 bits per heavy atom. The van der Waals surface area contributed by atoms with E-state index in [-0.39, 0.29) is 5.91 Å². The maximum absolute atomic E-state index is 13.2. The third-order valence-electron chi connectivity index (χ3n) is 6.70. The maximum Gasteiger partial charge on any atom is 0.235 e. The average Bonchev–Trinajstić information content (AvgIpc) is 3.09. The van der Waals surface area contributed by atoms with Gasteiger partial charge in [-0.25, -0.2) is 9.97 Å². The second-order valence-electron chi connectivity index (χ2n) is 8.96. The van der Waals surface area contributed by atoms with Crippen LogP contribution in [-0.2, 0) is 10.2 Å². The van der Waals surface area contributed by atoms with Gasteiger partial charge in [0.2, 0.25) is 11.9 Å². The molecule has 170 valence electrons. The molecule has 0 unspecified atom stereocenters. The zero-order valence-electron chi connectivity index (χ0n) is 19.2. The Morgan fingerprint density at radius 1 is 1.03 bits per heavy atom. The number of carbonyl (C=O) groups is 1. The van der Waals surface area contributed by atoms with E-state index in [2.05, 4.69) is 34.0 Å². The SMILES string of the molecule is COc1cc2c(cc1Oc1ccccc1)NC(=O)C21CCN(c2ncc(C(C)C)cn2)CC1. The molecule has 1 N–H and O–H groups in total. The average molecular weight is 445 g/mol. The summed E-state index contributed by atoms with van der Waals surface area (Å²) in [6.45, 7) is 5.67. The first-order valence-electron chi connectivity index (χ1n) is 11.3. The molecule has 2 aliphatic heterocycles. The van der Waals surface area contributed by atoms with E-state index in [0.29, 0.717) is 49.1 Å². The minimum absolute atomic E-state index is 0.0344. The first-order chi connectivity index (χ1) is 16.0. The normalized spacial score (nSPS) is 16.6. The number of anilines is 2. The number of rotatable bonds is 5. The Labute approximate surface area is 193 Å². The van der Waals surface area contributed by atoms with Gasteiger partial charge in [0.1, 0.15) is 5.75 Å². The number of aromatic nitrogens is 2. The smallest absolute Gasteiger partial charge is 0.235 e. The molecule has 7 heteroatoms. The molecule has 0 atom stereocenters. The summed E-state index contributed by atoms with van der Waals surface area (Å²) in [6.07, 6.45) is 5.16. The lowest BCUT2D eigenvalue weighted by Gasteiger charge is -2.38. The molecule has 0 saturated carbocycles. The number of hydrogen-bond donors (Lipinski definition) is 1. The molecule has 1 saturated heterocycles. The van der Waals surface area contributed by atoms with Crippen molar-refractivity contribution in [2.75, 3.05) is 30.4 Å². The lowest BCUT2D eigenvalue weighted by atomic mass is 9.73. The molecule has 1 spiro atoms. The van der Waals surface area contributed by atoms with Gasteiger partial charge < -0.3 is 19.7 Å². The Kier molecular flexibility index (Phi) is 5.40. The number of hydrogen-bond acceptors (Lipinski definition) is 6. The van der Waals surface area contributed by atoms with Crippen molar-refractivity contribution in [3.63, 3.8) is 0 Å². The molecule has 1 aromatic heterocycles. The summed E-state index contributed by atoms with van der Waals surface area (Å²) in [5, 5.41) is 3.09. The minimum Gasteiger partial charge on any atom is -0.493 e. The molecular weight excluding hydrogens is 416 g/mol. The lowest BCUT2D eigenvalue weighted by Crippen LogP contribution is -2.47. The largest absolute Gasteiger partial charge is 0.493 e. The number of ether oxygens (including phenoxy) is 2. The fourth-order valence-corrected chi connectivity index (χ4v) is 4.66. The number of carbonyl (C=O) groups excluding carboxylic acids is 1. The van der Waals surface area contributed by atoms with E-state index in [4.69, 9.17) is 9.47 Å². The molecular formula is C26H28N4O3. The zero-order chi connectivity index (χ0) is 23.0. The van der Waals surface area contributed by atoms with Gasteiger partial charge in [-0.1, -0.05) is 32.0 Å². The Morgan fingerprint density at radius 2 is 1.73 bits per heavy atom. The van der Waals surface area contributed by atoms with Crippen molar-refractivity contribution in [1.82, 2.24) is 9.97 Å². The van der Waals surface area contributed by atoms with Crippen molar-refractivity contribution < 1.29 is 14.3 Å². The number of nitrogens with zero attached hydrogens (tertiary/aromatic N) is 3. The fourth-order valence-electron chi connectivity index (χ4n) is 4.66. The van der Waals surface area contributed by atoms with Crippen LogP contribution >= 0.6 is 0 Å². The first-order valence-corrected chi connectivity index (χ1v) is 11.3. The van der Waals surface area contributed by atoms with Crippen molar-refractivity contribution in [3.8, 4) is 17.2 Å². The lowest BCUT2D eigenvalue weighted by molar-refractivity contribution is -0.121. The third-order valence-corrected chi connectivity index (χ3v) is 6.70. The highest BCUT2D eigenvalue weighted by Crippen LogP contribution is 2.49. The van der Waals surface area contributed by atoms with Crippen molar-refractivity contribution >= 4 is 17.5 Å². The molecule has 7 nitrogen and oxygen atoms in total. The van der Waals surface area contributed by atoms with Gasteiger partial charge in [-0.05, 0) is 48.1 Å². The molecule has 1 fully saturated rings. The molecule has 3 aromatic rings. The Balaban J connectivity index is 1.39. The molecule has 0 bridgehead atoms. The molecule has 3 heterocycles. The summed E-state index contributed by atoms with van der Waals surface area (Å²) in [5.41, 5.74) is 2.30. The van der Waals surface area contributed by atoms with Crippen LogP contribution in [0.3, 0.4) is 0 Å². The van der Waals surface area contributed by atoms with E-state index in [0.717, 1.165) is 22.8 Å². The second-order valence-corrected chi connectivity index (χ2v) is 8.96. The molecule has 5 rings (SSSR count). The van der Waals surface area contributed by atoms with Crippen LogP contribution in [0.4, 0.5) is 11.6 Å². The summed E-state index contributed by atoms with van der Waals surface area (Å²) in [5.74, 6) is 3.06. The molecule has 0 radical (unpaired) electrons. The van der Waals surface area contributed by atoms with Gasteiger partial charge in [-0.15, -0.1) is 0 Å². The Hall–Kier alpha value is -3.61. The first kappa shape index (κ1) is 21.2.